The zero-order valence-corrected chi connectivity index (χ0v) is 14.6. The third-order valence-corrected chi connectivity index (χ3v) is 4.66. The third kappa shape index (κ3) is 5.03. The maximum absolute atomic E-state index is 12.2. The first-order valence-electron chi connectivity index (χ1n) is 7.72. The summed E-state index contributed by atoms with van der Waals surface area (Å²) in [6.45, 7) is 5.44. The molecular formula is C17H23N3O2S. The highest BCUT2D eigenvalue weighted by Gasteiger charge is 2.16. The molecule has 0 radical (unpaired) electrons. The van der Waals surface area contributed by atoms with Crippen LogP contribution in [-0.4, -0.2) is 34.4 Å². The molecule has 0 saturated heterocycles. The second-order valence-corrected chi connectivity index (χ2v) is 6.45. The first kappa shape index (κ1) is 17.4. The predicted molar refractivity (Wildman–Crippen MR) is 92.9 cm³/mol. The first-order chi connectivity index (χ1) is 11.1. The van der Waals surface area contributed by atoms with Crippen LogP contribution < -0.4 is 10.1 Å². The summed E-state index contributed by atoms with van der Waals surface area (Å²) in [4.78, 5) is 16.5. The summed E-state index contributed by atoms with van der Waals surface area (Å²) in [6, 6.07) is 7.89. The number of benzene rings is 1. The van der Waals surface area contributed by atoms with E-state index in [4.69, 9.17) is 4.74 Å². The summed E-state index contributed by atoms with van der Waals surface area (Å²) in [7, 11) is 1.65. The number of methoxy groups -OCH3 is 1. The lowest BCUT2D eigenvalue weighted by atomic mass is 10.1. The number of nitrogens with zero attached hydrogens (tertiary/aromatic N) is 2. The number of imidazole rings is 1. The second kappa shape index (κ2) is 8.62. The highest BCUT2D eigenvalue weighted by Crippen LogP contribution is 2.21. The number of carbonyl (C=O) groups is 1. The van der Waals surface area contributed by atoms with Gasteiger partial charge in [0.25, 0.3) is 0 Å². The molecule has 1 N–H and O–H groups in total. The maximum Gasteiger partial charge on any atom is 0.233 e. The van der Waals surface area contributed by atoms with Gasteiger partial charge < -0.3 is 14.6 Å². The molecule has 2 aromatic rings. The van der Waals surface area contributed by atoms with E-state index in [1.54, 1.807) is 13.3 Å². The van der Waals surface area contributed by atoms with Crippen LogP contribution in [-0.2, 0) is 17.8 Å². The van der Waals surface area contributed by atoms with Crippen molar-refractivity contribution in [3.63, 3.8) is 0 Å². The third-order valence-electron chi connectivity index (χ3n) is 3.54. The van der Waals surface area contributed by atoms with Crippen molar-refractivity contribution in [2.24, 2.45) is 0 Å². The molecule has 1 aromatic heterocycles. The summed E-state index contributed by atoms with van der Waals surface area (Å²) in [6.07, 6.45) is 4.49. The Hall–Kier alpha value is -1.95. The van der Waals surface area contributed by atoms with Crippen LogP contribution in [0, 0.1) is 0 Å². The molecule has 1 amide bonds. The van der Waals surface area contributed by atoms with Crippen LogP contribution in [0.5, 0.6) is 5.75 Å². The molecule has 1 aromatic carbocycles. The fourth-order valence-electron chi connectivity index (χ4n) is 2.13. The van der Waals surface area contributed by atoms with Crippen molar-refractivity contribution < 1.29 is 9.53 Å². The van der Waals surface area contributed by atoms with E-state index in [9.17, 15) is 4.79 Å². The van der Waals surface area contributed by atoms with Crippen LogP contribution in [0.15, 0.2) is 41.8 Å². The van der Waals surface area contributed by atoms with Crippen molar-refractivity contribution >= 4 is 17.7 Å². The average Bonchev–Trinajstić information content (AvgIpc) is 3.02. The molecule has 0 bridgehead atoms. The normalized spacial score (nSPS) is 12.0. The number of ether oxygens (including phenoxy) is 1. The highest BCUT2D eigenvalue weighted by molar-refractivity contribution is 8.00. The van der Waals surface area contributed by atoms with E-state index in [0.29, 0.717) is 6.54 Å². The van der Waals surface area contributed by atoms with Crippen LogP contribution in [0.2, 0.25) is 0 Å². The Morgan fingerprint density at radius 3 is 2.78 bits per heavy atom. The van der Waals surface area contributed by atoms with Crippen molar-refractivity contribution in [3.05, 3.63) is 42.2 Å². The lowest BCUT2D eigenvalue weighted by Crippen LogP contribution is -2.32. The Balaban J connectivity index is 1.77. The number of aryl methyl sites for hydroxylation is 1. The Labute approximate surface area is 141 Å². The van der Waals surface area contributed by atoms with Gasteiger partial charge in [-0.3, -0.25) is 4.79 Å². The maximum atomic E-state index is 12.2. The summed E-state index contributed by atoms with van der Waals surface area (Å²) in [5.41, 5.74) is 1.17. The number of hydrogen-bond donors (Lipinski definition) is 1. The van der Waals surface area contributed by atoms with Crippen molar-refractivity contribution in [1.82, 2.24) is 14.9 Å². The lowest BCUT2D eigenvalue weighted by Gasteiger charge is -2.12. The number of amides is 1. The topological polar surface area (TPSA) is 56.2 Å². The standard InChI is InChI=1S/C17H23N3O2S/c1-4-20-12-11-19-17(20)23-13(2)16(21)18-10-9-14-5-7-15(22-3)8-6-14/h5-8,11-13H,4,9-10H2,1-3H3,(H,18,21). The van der Waals surface area contributed by atoms with Gasteiger partial charge in [0.15, 0.2) is 5.16 Å². The van der Waals surface area contributed by atoms with E-state index in [2.05, 4.69) is 17.2 Å². The van der Waals surface area contributed by atoms with Gasteiger partial charge in [0.05, 0.1) is 12.4 Å². The Kier molecular flexibility index (Phi) is 6.52. The number of aromatic nitrogens is 2. The molecule has 1 atom stereocenters. The molecule has 1 unspecified atom stereocenters. The molecule has 0 spiro atoms. The zero-order chi connectivity index (χ0) is 16.7. The monoisotopic (exact) mass is 333 g/mol. The molecular weight excluding hydrogens is 310 g/mol. The number of carbonyl (C=O) groups excluding carboxylic acids is 1. The smallest absolute Gasteiger partial charge is 0.233 e. The summed E-state index contributed by atoms with van der Waals surface area (Å²) in [5.74, 6) is 0.878. The lowest BCUT2D eigenvalue weighted by molar-refractivity contribution is -0.120. The van der Waals surface area contributed by atoms with E-state index in [1.165, 1.54) is 17.3 Å². The summed E-state index contributed by atoms with van der Waals surface area (Å²) in [5, 5.41) is 3.69. The zero-order valence-electron chi connectivity index (χ0n) is 13.8. The highest BCUT2D eigenvalue weighted by atomic mass is 32.2. The van der Waals surface area contributed by atoms with Crippen molar-refractivity contribution in [2.45, 2.75) is 37.2 Å². The van der Waals surface area contributed by atoms with Crippen LogP contribution >= 0.6 is 11.8 Å². The molecule has 0 aliphatic heterocycles. The van der Waals surface area contributed by atoms with Gasteiger partial charge in [0, 0.05) is 25.5 Å². The van der Waals surface area contributed by atoms with Crippen molar-refractivity contribution in [3.8, 4) is 5.75 Å². The molecule has 0 aliphatic rings. The Morgan fingerprint density at radius 2 is 2.13 bits per heavy atom. The van der Waals surface area contributed by atoms with E-state index in [-0.39, 0.29) is 11.2 Å². The van der Waals surface area contributed by atoms with Gasteiger partial charge in [0.2, 0.25) is 5.91 Å². The van der Waals surface area contributed by atoms with Crippen molar-refractivity contribution in [1.29, 1.82) is 0 Å². The average molecular weight is 333 g/mol. The minimum Gasteiger partial charge on any atom is -0.497 e. The van der Waals surface area contributed by atoms with Gasteiger partial charge in [-0.25, -0.2) is 4.98 Å². The van der Waals surface area contributed by atoms with Crippen LogP contribution in [0.25, 0.3) is 0 Å². The van der Waals surface area contributed by atoms with Gasteiger partial charge in [0.1, 0.15) is 5.75 Å². The minimum atomic E-state index is -0.168. The molecule has 23 heavy (non-hydrogen) atoms. The van der Waals surface area contributed by atoms with Crippen LogP contribution in [0.3, 0.4) is 0 Å². The largest absolute Gasteiger partial charge is 0.497 e. The predicted octanol–water partition coefficient (Wildman–Crippen LogP) is 2.75. The first-order valence-corrected chi connectivity index (χ1v) is 8.60. The molecule has 6 heteroatoms. The molecule has 0 fully saturated rings. The number of hydrogen-bond acceptors (Lipinski definition) is 4. The Bertz CT molecular complexity index is 625. The fourth-order valence-corrected chi connectivity index (χ4v) is 3.09. The van der Waals surface area contributed by atoms with Crippen molar-refractivity contribution in [2.75, 3.05) is 13.7 Å². The molecule has 1 heterocycles. The van der Waals surface area contributed by atoms with Crippen LogP contribution in [0.4, 0.5) is 0 Å². The minimum absolute atomic E-state index is 0.0363. The second-order valence-electron chi connectivity index (χ2n) is 5.15. The van der Waals surface area contributed by atoms with Gasteiger partial charge >= 0.3 is 0 Å². The van der Waals surface area contributed by atoms with E-state index < -0.39 is 0 Å². The molecule has 2 rings (SSSR count). The Morgan fingerprint density at radius 1 is 1.39 bits per heavy atom. The number of rotatable bonds is 8. The number of thioether (sulfide) groups is 1. The number of nitrogens with one attached hydrogen (secondary N) is 1. The van der Waals surface area contributed by atoms with Gasteiger partial charge in [-0.1, -0.05) is 23.9 Å². The van der Waals surface area contributed by atoms with Crippen LogP contribution in [0.1, 0.15) is 19.4 Å². The van der Waals surface area contributed by atoms with Gasteiger partial charge in [-0.15, -0.1) is 0 Å². The quantitative estimate of drug-likeness (QED) is 0.755. The van der Waals surface area contributed by atoms with E-state index >= 15 is 0 Å². The molecule has 5 nitrogen and oxygen atoms in total. The van der Waals surface area contributed by atoms with E-state index in [0.717, 1.165) is 23.9 Å². The van der Waals surface area contributed by atoms with Gasteiger partial charge in [-0.2, -0.15) is 0 Å². The summed E-state index contributed by atoms with van der Waals surface area (Å²) >= 11 is 1.48. The summed E-state index contributed by atoms with van der Waals surface area (Å²) < 4.78 is 7.17. The molecule has 0 saturated carbocycles. The SMILES string of the molecule is CCn1ccnc1SC(C)C(=O)NCCc1ccc(OC)cc1. The van der Waals surface area contributed by atoms with Gasteiger partial charge in [-0.05, 0) is 38.0 Å². The molecule has 124 valence electrons. The fraction of sp³-hybridized carbons (Fsp3) is 0.412. The molecule has 0 aliphatic carbocycles. The van der Waals surface area contributed by atoms with E-state index in [1.807, 2.05) is 42.0 Å².